The van der Waals surface area contributed by atoms with Gasteiger partial charge < -0.3 is 29.7 Å². The lowest BCUT2D eigenvalue weighted by Gasteiger charge is -2.34. The van der Waals surface area contributed by atoms with E-state index in [9.17, 15) is 9.59 Å². The van der Waals surface area contributed by atoms with E-state index in [0.717, 1.165) is 69.1 Å². The monoisotopic (exact) mass is 627 g/mol. The maximum absolute atomic E-state index is 16.3. The standard InChI is InChI=1S/C37H46FN5O3/c1-5-41(6-2)18-12-13-24(4)40-37(45)29-23-43-31-19-25-14-8-9-15-26(25)20-32(31)46-36-33(43)28(35(29)44)21-30(38)34(36)42(7-3)22-27-16-10-11-17-39-27/h8-9,14-15,19-21,23-24,27,39H,5-7,10-13,16-18,22H2,1-4H3,(H,40,45). The molecule has 244 valence electrons. The summed E-state index contributed by atoms with van der Waals surface area (Å²) in [5.74, 6) is -0.130. The van der Waals surface area contributed by atoms with Gasteiger partial charge in [0, 0.05) is 31.4 Å². The zero-order valence-corrected chi connectivity index (χ0v) is 27.5. The molecule has 1 amide bonds. The fourth-order valence-corrected chi connectivity index (χ4v) is 7.01. The van der Waals surface area contributed by atoms with Gasteiger partial charge in [0.1, 0.15) is 16.8 Å². The van der Waals surface area contributed by atoms with Gasteiger partial charge >= 0.3 is 0 Å². The average molecular weight is 628 g/mol. The van der Waals surface area contributed by atoms with Crippen molar-refractivity contribution < 1.29 is 13.9 Å². The predicted octanol–water partition coefficient (Wildman–Crippen LogP) is 6.60. The van der Waals surface area contributed by atoms with Crippen molar-refractivity contribution in [2.24, 2.45) is 0 Å². The number of benzene rings is 3. The highest BCUT2D eigenvalue weighted by Gasteiger charge is 2.31. The van der Waals surface area contributed by atoms with Crippen molar-refractivity contribution in [3.63, 3.8) is 0 Å². The third-order valence-corrected chi connectivity index (χ3v) is 9.65. The van der Waals surface area contributed by atoms with E-state index in [0.29, 0.717) is 41.5 Å². The molecule has 4 aromatic rings. The molecule has 1 aromatic heterocycles. The number of anilines is 1. The molecular formula is C37H46FN5O3. The van der Waals surface area contributed by atoms with Crippen LogP contribution in [-0.4, -0.2) is 66.7 Å². The van der Waals surface area contributed by atoms with Gasteiger partial charge in [0.15, 0.2) is 17.3 Å². The Morgan fingerprint density at radius 1 is 1.11 bits per heavy atom. The molecule has 0 bridgehead atoms. The van der Waals surface area contributed by atoms with Gasteiger partial charge in [0.05, 0.1) is 11.1 Å². The molecule has 2 atom stereocenters. The first kappa shape index (κ1) is 32.0. The Morgan fingerprint density at radius 3 is 2.57 bits per heavy atom. The van der Waals surface area contributed by atoms with Gasteiger partial charge in [-0.1, -0.05) is 44.5 Å². The van der Waals surface area contributed by atoms with Crippen molar-refractivity contribution in [3.8, 4) is 17.2 Å². The fraction of sp³-hybridized carbons (Fsp3) is 0.459. The molecule has 46 heavy (non-hydrogen) atoms. The van der Waals surface area contributed by atoms with Crippen molar-refractivity contribution in [3.05, 3.63) is 70.3 Å². The Labute approximate surface area is 270 Å². The van der Waals surface area contributed by atoms with Crippen LogP contribution in [0.4, 0.5) is 10.1 Å². The van der Waals surface area contributed by atoms with E-state index in [-0.39, 0.29) is 23.0 Å². The molecule has 3 heterocycles. The van der Waals surface area contributed by atoms with Gasteiger partial charge in [-0.25, -0.2) is 4.39 Å². The second-order valence-corrected chi connectivity index (χ2v) is 12.7. The summed E-state index contributed by atoms with van der Waals surface area (Å²) < 4.78 is 24.8. The lowest BCUT2D eigenvalue weighted by atomic mass is 10.0. The Bertz CT molecular complexity index is 1790. The van der Waals surface area contributed by atoms with Gasteiger partial charge in [0.2, 0.25) is 5.43 Å². The van der Waals surface area contributed by atoms with Crippen LogP contribution in [0.15, 0.2) is 53.5 Å². The van der Waals surface area contributed by atoms with Gasteiger partial charge in [0.25, 0.3) is 5.91 Å². The topological polar surface area (TPSA) is 78.8 Å². The number of ether oxygens (including phenoxy) is 1. The minimum Gasteiger partial charge on any atom is -0.451 e. The number of carbonyl (C=O) groups is 1. The van der Waals surface area contributed by atoms with E-state index in [1.807, 2.05) is 59.7 Å². The summed E-state index contributed by atoms with van der Waals surface area (Å²) in [5, 5.41) is 8.71. The quantitative estimate of drug-likeness (QED) is 0.162. The molecular weight excluding hydrogens is 581 g/mol. The van der Waals surface area contributed by atoms with E-state index in [4.69, 9.17) is 4.74 Å². The first-order valence-electron chi connectivity index (χ1n) is 17.0. The summed E-state index contributed by atoms with van der Waals surface area (Å²) in [6, 6.07) is 13.3. The highest BCUT2D eigenvalue weighted by Crippen LogP contribution is 2.47. The van der Waals surface area contributed by atoms with E-state index in [1.165, 1.54) is 6.07 Å². The van der Waals surface area contributed by atoms with Crippen molar-refractivity contribution in [1.82, 2.24) is 20.1 Å². The number of carbonyl (C=O) groups excluding carboxylic acids is 1. The molecule has 0 radical (unpaired) electrons. The van der Waals surface area contributed by atoms with Crippen LogP contribution in [0.3, 0.4) is 0 Å². The SMILES string of the molecule is CCN(CC)CCCC(C)NC(=O)c1cn2c3c(c(N(CC)CC4CCCCN4)c(F)cc3c1=O)Oc1cc3ccccc3cc1-2. The minimum absolute atomic E-state index is 0.0130. The van der Waals surface area contributed by atoms with Gasteiger partial charge in [-0.15, -0.1) is 0 Å². The van der Waals surface area contributed by atoms with E-state index >= 15 is 4.39 Å². The maximum atomic E-state index is 16.3. The number of nitrogens with zero attached hydrogens (tertiary/aromatic N) is 3. The summed E-state index contributed by atoms with van der Waals surface area (Å²) in [7, 11) is 0. The number of aromatic nitrogens is 1. The summed E-state index contributed by atoms with van der Waals surface area (Å²) in [6.07, 6.45) is 6.64. The van der Waals surface area contributed by atoms with Crippen LogP contribution >= 0.6 is 0 Å². The van der Waals surface area contributed by atoms with Gasteiger partial charge in [-0.05, 0) is 94.7 Å². The van der Waals surface area contributed by atoms with E-state index in [2.05, 4.69) is 29.4 Å². The number of likely N-dealkylation sites (N-methyl/N-ethyl adjacent to an activating group) is 1. The molecule has 9 heteroatoms. The molecule has 1 fully saturated rings. The van der Waals surface area contributed by atoms with E-state index in [1.54, 1.807) is 6.20 Å². The maximum Gasteiger partial charge on any atom is 0.256 e. The number of nitrogens with one attached hydrogen (secondary N) is 2. The number of pyridine rings is 1. The van der Waals surface area contributed by atoms with Crippen molar-refractivity contribution >= 4 is 33.3 Å². The third kappa shape index (κ3) is 6.22. The van der Waals surface area contributed by atoms with E-state index < -0.39 is 17.2 Å². The van der Waals surface area contributed by atoms with Crippen LogP contribution in [0.25, 0.3) is 27.4 Å². The number of piperidine rings is 1. The molecule has 3 aromatic carbocycles. The first-order valence-corrected chi connectivity index (χ1v) is 17.0. The first-order chi connectivity index (χ1) is 22.3. The Balaban J connectivity index is 1.44. The molecule has 2 aliphatic rings. The Morgan fingerprint density at radius 2 is 1.87 bits per heavy atom. The zero-order valence-electron chi connectivity index (χ0n) is 27.5. The summed E-state index contributed by atoms with van der Waals surface area (Å²) in [6.45, 7) is 13.3. The molecule has 8 nitrogen and oxygen atoms in total. The molecule has 0 saturated carbocycles. The largest absolute Gasteiger partial charge is 0.451 e. The molecule has 2 unspecified atom stereocenters. The van der Waals surface area contributed by atoms with Crippen LogP contribution in [0.1, 0.15) is 70.2 Å². The fourth-order valence-electron chi connectivity index (χ4n) is 7.01. The minimum atomic E-state index is -0.532. The zero-order chi connectivity index (χ0) is 32.4. The number of hydrogen-bond acceptors (Lipinski definition) is 6. The van der Waals surface area contributed by atoms with Crippen LogP contribution in [-0.2, 0) is 0 Å². The molecule has 2 N–H and O–H groups in total. The molecule has 1 saturated heterocycles. The smallest absolute Gasteiger partial charge is 0.256 e. The van der Waals surface area contributed by atoms with Crippen molar-refractivity contribution in [2.75, 3.05) is 44.2 Å². The number of amides is 1. The lowest BCUT2D eigenvalue weighted by molar-refractivity contribution is 0.0935. The van der Waals surface area contributed by atoms with Crippen molar-refractivity contribution in [1.29, 1.82) is 0 Å². The number of fused-ring (bicyclic) bond motifs is 3. The molecule has 2 aliphatic heterocycles. The number of halogens is 1. The summed E-state index contributed by atoms with van der Waals surface area (Å²) in [5.41, 5.74) is 1.00. The number of rotatable bonds is 12. The highest BCUT2D eigenvalue weighted by molar-refractivity contribution is 6.02. The van der Waals surface area contributed by atoms with Crippen LogP contribution in [0, 0.1) is 5.82 Å². The average Bonchev–Trinajstić information content (AvgIpc) is 3.06. The van der Waals surface area contributed by atoms with Crippen molar-refractivity contribution in [2.45, 2.75) is 71.9 Å². The molecule has 0 aliphatic carbocycles. The summed E-state index contributed by atoms with van der Waals surface area (Å²) in [4.78, 5) is 32.0. The summed E-state index contributed by atoms with van der Waals surface area (Å²) >= 11 is 0. The highest BCUT2D eigenvalue weighted by atomic mass is 19.1. The molecule has 0 spiro atoms. The third-order valence-electron chi connectivity index (χ3n) is 9.65. The van der Waals surface area contributed by atoms with Gasteiger partial charge in [-0.3, -0.25) is 9.59 Å². The Kier molecular flexibility index (Phi) is 9.61. The number of hydrogen-bond donors (Lipinski definition) is 2. The Hall–Kier alpha value is -3.95. The molecule has 6 rings (SSSR count). The normalized spacial score (nSPS) is 16.3. The lowest BCUT2D eigenvalue weighted by Crippen LogP contribution is -2.44. The predicted molar refractivity (Wildman–Crippen MR) is 185 cm³/mol. The second kappa shape index (κ2) is 13.8. The van der Waals surface area contributed by atoms with Gasteiger partial charge in [-0.2, -0.15) is 0 Å². The van der Waals surface area contributed by atoms with Crippen LogP contribution in [0.5, 0.6) is 11.5 Å². The second-order valence-electron chi connectivity index (χ2n) is 12.7. The van der Waals surface area contributed by atoms with Crippen LogP contribution < -0.4 is 25.7 Å². The van der Waals surface area contributed by atoms with Crippen LogP contribution in [0.2, 0.25) is 0 Å².